The van der Waals surface area contributed by atoms with Crippen LogP contribution in [0, 0.1) is 5.82 Å². The Bertz CT molecular complexity index is 1000. The summed E-state index contributed by atoms with van der Waals surface area (Å²) < 4.78 is 45.5. The predicted octanol–water partition coefficient (Wildman–Crippen LogP) is 3.82. The maximum absolute atomic E-state index is 13.1. The van der Waals surface area contributed by atoms with E-state index in [4.69, 9.17) is 27.9 Å². The molecule has 1 aliphatic heterocycles. The van der Waals surface area contributed by atoms with Gasteiger partial charge in [0.2, 0.25) is 15.9 Å². The molecular weight excluding hydrogens is 454 g/mol. The number of amides is 1. The Morgan fingerprint density at radius 3 is 2.50 bits per heavy atom. The smallest absolute Gasteiger partial charge is 0.243 e. The summed E-state index contributed by atoms with van der Waals surface area (Å²) in [7, 11) is -3.74. The Morgan fingerprint density at radius 1 is 1.03 bits per heavy atom. The molecule has 2 aromatic rings. The van der Waals surface area contributed by atoms with Crippen LogP contribution in [0.15, 0.2) is 47.4 Å². The zero-order chi connectivity index (χ0) is 21.7. The van der Waals surface area contributed by atoms with Crippen molar-refractivity contribution >= 4 is 39.1 Å². The van der Waals surface area contributed by atoms with Crippen LogP contribution in [0.3, 0.4) is 0 Å². The molecule has 0 aliphatic carbocycles. The summed E-state index contributed by atoms with van der Waals surface area (Å²) in [4.78, 5) is 14.2. The van der Waals surface area contributed by atoms with Crippen LogP contribution in [0.4, 0.5) is 4.39 Å². The van der Waals surface area contributed by atoms with Crippen molar-refractivity contribution < 1.29 is 22.3 Å². The third-order valence-electron chi connectivity index (χ3n) is 4.75. The molecular formula is C20H21Cl2FN2O4S. The molecule has 0 unspecified atom stereocenters. The fourth-order valence-electron chi connectivity index (χ4n) is 3.14. The number of ether oxygens (including phenoxy) is 1. The lowest BCUT2D eigenvalue weighted by atomic mass is 10.3. The second-order valence-corrected chi connectivity index (χ2v) is 9.47. The van der Waals surface area contributed by atoms with Gasteiger partial charge in [-0.25, -0.2) is 12.8 Å². The van der Waals surface area contributed by atoms with Crippen molar-refractivity contribution in [2.24, 2.45) is 0 Å². The van der Waals surface area contributed by atoms with Crippen LogP contribution in [0.2, 0.25) is 10.0 Å². The number of sulfonamides is 1. The summed E-state index contributed by atoms with van der Waals surface area (Å²) >= 11 is 12.0. The van der Waals surface area contributed by atoms with Gasteiger partial charge in [-0.05, 0) is 42.8 Å². The second kappa shape index (κ2) is 9.96. The molecule has 1 amide bonds. The van der Waals surface area contributed by atoms with Crippen molar-refractivity contribution in [3.05, 3.63) is 58.3 Å². The van der Waals surface area contributed by atoms with E-state index in [1.54, 1.807) is 23.1 Å². The molecule has 1 fully saturated rings. The van der Waals surface area contributed by atoms with Crippen LogP contribution in [-0.2, 0) is 14.8 Å². The maximum atomic E-state index is 13.1. The van der Waals surface area contributed by atoms with Crippen molar-refractivity contribution in [3.8, 4) is 5.75 Å². The van der Waals surface area contributed by atoms with E-state index in [1.807, 2.05) is 0 Å². The van der Waals surface area contributed by atoms with E-state index in [0.29, 0.717) is 28.8 Å². The van der Waals surface area contributed by atoms with Gasteiger partial charge in [0.05, 0.1) is 22.9 Å². The van der Waals surface area contributed by atoms with E-state index in [-0.39, 0.29) is 43.5 Å². The number of benzene rings is 2. The predicted molar refractivity (Wildman–Crippen MR) is 113 cm³/mol. The lowest BCUT2D eigenvalue weighted by Gasteiger charge is -2.22. The monoisotopic (exact) mass is 474 g/mol. The maximum Gasteiger partial charge on any atom is 0.243 e. The minimum Gasteiger partial charge on any atom is -0.491 e. The van der Waals surface area contributed by atoms with Gasteiger partial charge in [0.15, 0.2) is 0 Å². The SMILES string of the molecule is O=C(CCOc1cccc(Cl)c1Cl)N1CCCN(S(=O)(=O)c2ccc(F)cc2)CC1. The minimum absolute atomic E-state index is 0.0375. The first-order valence-corrected chi connectivity index (χ1v) is 11.6. The van der Waals surface area contributed by atoms with E-state index in [2.05, 4.69) is 0 Å². The fraction of sp³-hybridized carbons (Fsp3) is 0.350. The fourth-order valence-corrected chi connectivity index (χ4v) is 4.96. The summed E-state index contributed by atoms with van der Waals surface area (Å²) in [5.41, 5.74) is 0. The Labute approximate surface area is 185 Å². The third-order valence-corrected chi connectivity index (χ3v) is 7.46. The Hall–Kier alpha value is -1.87. The molecule has 0 saturated carbocycles. The molecule has 162 valence electrons. The summed E-state index contributed by atoms with van der Waals surface area (Å²) in [6, 6.07) is 9.75. The highest BCUT2D eigenvalue weighted by atomic mass is 35.5. The summed E-state index contributed by atoms with van der Waals surface area (Å²) in [5.74, 6) is -0.221. The van der Waals surface area contributed by atoms with E-state index in [1.165, 1.54) is 16.4 Å². The number of carbonyl (C=O) groups excluding carboxylic acids is 1. The summed E-state index contributed by atoms with van der Waals surface area (Å²) in [5, 5.41) is 0.665. The Balaban J connectivity index is 1.54. The molecule has 0 atom stereocenters. The van der Waals surface area contributed by atoms with Crippen molar-refractivity contribution in [2.45, 2.75) is 17.7 Å². The van der Waals surface area contributed by atoms with Gasteiger partial charge in [0.1, 0.15) is 16.6 Å². The lowest BCUT2D eigenvalue weighted by molar-refractivity contribution is -0.131. The number of hydrogen-bond acceptors (Lipinski definition) is 4. The first kappa shape index (κ1) is 22.8. The molecule has 0 aromatic heterocycles. The van der Waals surface area contributed by atoms with Gasteiger partial charge >= 0.3 is 0 Å². The van der Waals surface area contributed by atoms with E-state index >= 15 is 0 Å². The highest BCUT2D eigenvalue weighted by molar-refractivity contribution is 7.89. The lowest BCUT2D eigenvalue weighted by Crippen LogP contribution is -2.37. The van der Waals surface area contributed by atoms with Crippen LogP contribution in [0.1, 0.15) is 12.8 Å². The number of halogens is 3. The van der Waals surface area contributed by atoms with Crippen molar-refractivity contribution in [3.63, 3.8) is 0 Å². The number of carbonyl (C=O) groups is 1. The normalized spacial score (nSPS) is 15.6. The Kier molecular flexibility index (Phi) is 7.57. The van der Waals surface area contributed by atoms with Crippen LogP contribution in [0.25, 0.3) is 0 Å². The van der Waals surface area contributed by atoms with Gasteiger partial charge < -0.3 is 9.64 Å². The minimum atomic E-state index is -3.74. The summed E-state index contributed by atoms with van der Waals surface area (Å²) in [6.45, 7) is 1.32. The molecule has 10 heteroatoms. The molecule has 3 rings (SSSR count). The highest BCUT2D eigenvalue weighted by Crippen LogP contribution is 2.31. The molecule has 1 heterocycles. The van der Waals surface area contributed by atoms with Crippen LogP contribution in [-0.4, -0.2) is 56.3 Å². The average Bonchev–Trinajstić information content (AvgIpc) is 2.98. The quantitative estimate of drug-likeness (QED) is 0.637. The molecule has 6 nitrogen and oxygen atoms in total. The molecule has 2 aromatic carbocycles. The number of hydrogen-bond donors (Lipinski definition) is 0. The first-order chi connectivity index (χ1) is 14.3. The van der Waals surface area contributed by atoms with Crippen molar-refractivity contribution in [1.29, 1.82) is 0 Å². The van der Waals surface area contributed by atoms with Crippen LogP contribution in [0.5, 0.6) is 5.75 Å². The first-order valence-electron chi connectivity index (χ1n) is 9.39. The molecule has 1 saturated heterocycles. The Morgan fingerprint density at radius 2 is 1.77 bits per heavy atom. The topological polar surface area (TPSA) is 66.9 Å². The van der Waals surface area contributed by atoms with Gasteiger partial charge in [-0.3, -0.25) is 4.79 Å². The second-order valence-electron chi connectivity index (χ2n) is 6.74. The van der Waals surface area contributed by atoms with Gasteiger partial charge in [0, 0.05) is 26.2 Å². The molecule has 0 radical (unpaired) electrons. The van der Waals surface area contributed by atoms with Gasteiger partial charge in [0.25, 0.3) is 0 Å². The van der Waals surface area contributed by atoms with E-state index < -0.39 is 15.8 Å². The molecule has 30 heavy (non-hydrogen) atoms. The van der Waals surface area contributed by atoms with Crippen LogP contribution >= 0.6 is 23.2 Å². The highest BCUT2D eigenvalue weighted by Gasteiger charge is 2.28. The van der Waals surface area contributed by atoms with Gasteiger partial charge in [-0.15, -0.1) is 0 Å². The molecule has 0 bridgehead atoms. The zero-order valence-corrected chi connectivity index (χ0v) is 18.4. The van der Waals surface area contributed by atoms with Crippen LogP contribution < -0.4 is 4.74 Å². The largest absolute Gasteiger partial charge is 0.491 e. The van der Waals surface area contributed by atoms with Crippen molar-refractivity contribution in [1.82, 2.24) is 9.21 Å². The molecule has 0 N–H and O–H groups in total. The number of rotatable bonds is 6. The van der Waals surface area contributed by atoms with E-state index in [0.717, 1.165) is 12.1 Å². The standard InChI is InChI=1S/C20H21Cl2FN2O4S/c21-17-3-1-4-18(20(17)22)29-14-9-19(26)24-10-2-11-25(13-12-24)30(27,28)16-7-5-15(23)6-8-16/h1,3-8H,2,9-14H2. The average molecular weight is 475 g/mol. The summed E-state index contributed by atoms with van der Waals surface area (Å²) in [6.07, 6.45) is 0.640. The third kappa shape index (κ3) is 5.43. The van der Waals surface area contributed by atoms with E-state index in [9.17, 15) is 17.6 Å². The number of nitrogens with zero attached hydrogens (tertiary/aromatic N) is 2. The zero-order valence-electron chi connectivity index (χ0n) is 16.1. The van der Waals surface area contributed by atoms with Crippen molar-refractivity contribution in [2.75, 3.05) is 32.8 Å². The van der Waals surface area contributed by atoms with Gasteiger partial charge in [-0.1, -0.05) is 29.3 Å². The molecule has 0 spiro atoms. The molecule has 1 aliphatic rings. The van der Waals surface area contributed by atoms with Gasteiger partial charge in [-0.2, -0.15) is 4.31 Å².